The van der Waals surface area contributed by atoms with Crippen LogP contribution >= 0.6 is 0 Å². The first-order chi connectivity index (χ1) is 33.5. The quantitative estimate of drug-likeness (QED) is 0.179. The lowest BCUT2D eigenvalue weighted by Crippen LogP contribution is -2.71. The van der Waals surface area contributed by atoms with Gasteiger partial charge in [0.25, 0.3) is 11.6 Å². The van der Waals surface area contributed by atoms with Crippen LogP contribution in [0.15, 0.2) is 164 Å². The van der Waals surface area contributed by atoms with Gasteiger partial charge in [-0.3, -0.25) is 0 Å². The third-order valence-electron chi connectivity index (χ3n) is 15.9. The zero-order valence-corrected chi connectivity index (χ0v) is 38.8. The molecule has 3 atom stereocenters. The van der Waals surface area contributed by atoms with E-state index in [4.69, 9.17) is 0 Å². The van der Waals surface area contributed by atoms with Crippen molar-refractivity contribution in [3.63, 3.8) is 0 Å². The first-order valence-corrected chi connectivity index (χ1v) is 23.6. The van der Waals surface area contributed by atoms with Crippen LogP contribution in [0.4, 0.5) is 13.2 Å². The number of nitrogens with zero attached hydrogens (tertiary/aromatic N) is 6. The predicted octanol–water partition coefficient (Wildman–Crippen LogP) is 11.2. The standard InChI is InChI=1S/C59H47F3N7/c1-34-30-50-54-42(27-25-40-38-18-8-10-20-44(38)64(3)56(40)54)58(53(68(50)46-22-12-6-16-36(34)46)33-67-29-15-14-24-48(67)49-32-52(59(60,61)62)63-66(49)5)43-28-26-41-39-19-9-11-21-45(39)65(4)57(41)55(43)51-31-35(2)37-17-7-13-23-47(37)69(51)58/h6-32,52-53,63H,33H2,1-5H3/q+3. The molecule has 3 aliphatic rings. The summed E-state index contributed by atoms with van der Waals surface area (Å²) in [6, 6.07) is 52.8. The molecule has 0 radical (unpaired) electrons. The van der Waals surface area contributed by atoms with Crippen LogP contribution < -0.4 is 19.1 Å². The van der Waals surface area contributed by atoms with E-state index in [1.807, 2.05) is 24.4 Å². The second-order valence-electron chi connectivity index (χ2n) is 19.4. The van der Waals surface area contributed by atoms with E-state index in [9.17, 15) is 13.2 Å². The minimum Gasteiger partial charge on any atom is -0.343 e. The molecule has 10 heteroatoms. The third kappa shape index (κ3) is 5.13. The number of aromatic nitrogens is 5. The molecule has 0 saturated heterocycles. The summed E-state index contributed by atoms with van der Waals surface area (Å²) >= 11 is 0. The number of hydrogen-bond acceptors (Lipinski definition) is 2. The van der Waals surface area contributed by atoms with Gasteiger partial charge < -0.3 is 14.1 Å². The predicted molar refractivity (Wildman–Crippen MR) is 267 cm³/mol. The normalized spacial score (nSPS) is 18.6. The number of benzene rings is 6. The van der Waals surface area contributed by atoms with E-state index in [0.717, 1.165) is 55.3 Å². The number of rotatable bonds is 3. The summed E-state index contributed by atoms with van der Waals surface area (Å²) in [5, 5.41) is 8.59. The van der Waals surface area contributed by atoms with Gasteiger partial charge in [0.2, 0.25) is 34.7 Å². The summed E-state index contributed by atoms with van der Waals surface area (Å²) in [6.07, 6.45) is -1.11. The van der Waals surface area contributed by atoms with Crippen molar-refractivity contribution in [2.75, 3.05) is 7.05 Å². The van der Waals surface area contributed by atoms with Crippen molar-refractivity contribution in [3.8, 4) is 22.5 Å². The lowest BCUT2D eigenvalue weighted by Gasteiger charge is -2.36. The van der Waals surface area contributed by atoms with Crippen molar-refractivity contribution in [1.82, 2.24) is 19.6 Å². The van der Waals surface area contributed by atoms with Crippen molar-refractivity contribution in [2.45, 2.75) is 44.2 Å². The molecule has 1 spiro atoms. The highest BCUT2D eigenvalue weighted by Crippen LogP contribution is 2.57. The molecule has 6 aromatic carbocycles. The second-order valence-corrected chi connectivity index (χ2v) is 19.4. The van der Waals surface area contributed by atoms with Gasteiger partial charge in [-0.25, -0.2) is 5.43 Å². The molecule has 0 saturated carbocycles. The van der Waals surface area contributed by atoms with Gasteiger partial charge in [0, 0.05) is 101 Å². The van der Waals surface area contributed by atoms with Gasteiger partial charge in [-0.05, 0) is 73.5 Å². The van der Waals surface area contributed by atoms with Gasteiger partial charge >= 0.3 is 6.18 Å². The van der Waals surface area contributed by atoms with Crippen LogP contribution in [-0.4, -0.2) is 33.4 Å². The fourth-order valence-corrected chi connectivity index (χ4v) is 13.1. The molecule has 8 heterocycles. The van der Waals surface area contributed by atoms with E-state index in [-0.39, 0.29) is 0 Å². The van der Waals surface area contributed by atoms with Crippen LogP contribution in [0.1, 0.15) is 34.0 Å². The van der Waals surface area contributed by atoms with Gasteiger partial charge in [-0.2, -0.15) is 26.9 Å². The van der Waals surface area contributed by atoms with Gasteiger partial charge in [-0.15, -0.1) is 0 Å². The Morgan fingerprint density at radius 3 is 1.70 bits per heavy atom. The van der Waals surface area contributed by atoms with Crippen molar-refractivity contribution in [2.24, 2.45) is 14.1 Å². The molecule has 14 rings (SSSR count). The zero-order valence-electron chi connectivity index (χ0n) is 38.8. The first kappa shape index (κ1) is 40.3. The molecule has 1 N–H and O–H groups in total. The highest BCUT2D eigenvalue weighted by atomic mass is 19.4. The summed E-state index contributed by atoms with van der Waals surface area (Å²) in [7, 11) is 6.06. The smallest absolute Gasteiger partial charge is 0.343 e. The van der Waals surface area contributed by atoms with Gasteiger partial charge in [0.1, 0.15) is 11.7 Å². The number of halogens is 3. The maximum atomic E-state index is 14.5. The summed E-state index contributed by atoms with van der Waals surface area (Å²) < 4.78 is 55.7. The molecule has 0 bridgehead atoms. The van der Waals surface area contributed by atoms with Crippen LogP contribution in [0.2, 0.25) is 0 Å². The largest absolute Gasteiger partial charge is 0.409 e. The molecular weight excluding hydrogens is 864 g/mol. The van der Waals surface area contributed by atoms with E-state index in [1.165, 1.54) is 66.0 Å². The van der Waals surface area contributed by atoms with Gasteiger partial charge in [0.05, 0.1) is 33.3 Å². The monoisotopic (exact) mass is 910 g/mol. The van der Waals surface area contributed by atoms with E-state index >= 15 is 0 Å². The van der Waals surface area contributed by atoms with Crippen molar-refractivity contribution < 1.29 is 26.9 Å². The highest BCUT2D eigenvalue weighted by Gasteiger charge is 2.69. The molecule has 3 unspecified atom stereocenters. The summed E-state index contributed by atoms with van der Waals surface area (Å²) in [6.45, 7) is 4.83. The average Bonchev–Trinajstić information content (AvgIpc) is 4.07. The summed E-state index contributed by atoms with van der Waals surface area (Å²) in [5.41, 5.74) is 19.0. The Morgan fingerprint density at radius 2 is 1.09 bits per heavy atom. The minimum atomic E-state index is -4.47. The number of alkyl halides is 3. The van der Waals surface area contributed by atoms with E-state index < -0.39 is 23.8 Å². The van der Waals surface area contributed by atoms with Crippen molar-refractivity contribution in [3.05, 3.63) is 192 Å². The Morgan fingerprint density at radius 1 is 0.565 bits per heavy atom. The lowest BCUT2D eigenvalue weighted by atomic mass is 9.70. The number of fused-ring (bicyclic) bond motifs is 21. The number of nitrogens with one attached hydrogen (secondary N) is 1. The molecule has 3 aliphatic heterocycles. The molecule has 5 aromatic heterocycles. The average molecular weight is 911 g/mol. The fourth-order valence-electron chi connectivity index (χ4n) is 13.1. The molecule has 69 heavy (non-hydrogen) atoms. The number of aryl methyl sites for hydroxylation is 4. The fraction of sp³-hybridized carbons (Fsp3) is 0.169. The summed E-state index contributed by atoms with van der Waals surface area (Å²) in [4.78, 5) is 0. The zero-order chi connectivity index (χ0) is 46.8. The van der Waals surface area contributed by atoms with Crippen molar-refractivity contribution >= 4 is 71.1 Å². The lowest BCUT2D eigenvalue weighted by molar-refractivity contribution is -0.844. The number of pyridine rings is 3. The molecular formula is C59H47F3N7+3. The van der Waals surface area contributed by atoms with Crippen LogP contribution in [0.25, 0.3) is 93.6 Å². The van der Waals surface area contributed by atoms with Gasteiger partial charge in [0.15, 0.2) is 6.20 Å². The molecule has 0 fully saturated rings. The molecule has 7 nitrogen and oxygen atoms in total. The van der Waals surface area contributed by atoms with Crippen LogP contribution in [0, 0.1) is 13.8 Å². The number of hydrazine groups is 1. The number of para-hydroxylation sites is 4. The Bertz CT molecular complexity index is 4120. The van der Waals surface area contributed by atoms with Crippen LogP contribution in [-0.2, 0) is 26.2 Å². The highest BCUT2D eigenvalue weighted by molar-refractivity contribution is 6.15. The van der Waals surface area contributed by atoms with Crippen LogP contribution in [0.5, 0.6) is 0 Å². The van der Waals surface area contributed by atoms with Crippen LogP contribution in [0.3, 0.4) is 0 Å². The third-order valence-corrected chi connectivity index (χ3v) is 15.9. The molecule has 0 amide bonds. The molecule has 11 aromatic rings. The van der Waals surface area contributed by atoms with E-state index in [2.05, 4.69) is 190 Å². The topological polar surface area (TPSA) is 36.8 Å². The maximum Gasteiger partial charge on any atom is 0.409 e. The maximum absolute atomic E-state index is 14.5. The first-order valence-electron chi connectivity index (χ1n) is 23.6. The number of hydrogen-bond donors (Lipinski definition) is 1. The van der Waals surface area contributed by atoms with E-state index in [1.54, 1.807) is 7.05 Å². The Hall–Kier alpha value is -7.82. The summed E-state index contributed by atoms with van der Waals surface area (Å²) in [5.74, 6) is 0. The molecule has 0 aliphatic carbocycles. The van der Waals surface area contributed by atoms with Crippen molar-refractivity contribution in [1.29, 1.82) is 0 Å². The SMILES string of the molecule is Cc1cc2[n+](c3ccccc13)C(C[n+]1ccccc1C1=CC(C(F)(F)F)NN1C)C1(c3ccc4c5ccccc5n(C)c4c3-2)c2ccc3c4ccccc4n(C)c3c2-c2cc(C)c3ccccc3[n+]21. The Labute approximate surface area is 395 Å². The van der Waals surface area contributed by atoms with Gasteiger partial charge in [-0.1, -0.05) is 72.8 Å². The Kier molecular flexibility index (Phi) is 8.11. The molecule has 336 valence electrons. The second kappa shape index (κ2) is 13.9. The Balaban J connectivity index is 1.21. The van der Waals surface area contributed by atoms with E-state index in [0.29, 0.717) is 17.9 Å². The minimum absolute atomic E-state index is 0.397.